The Morgan fingerprint density at radius 3 is 2.19 bits per heavy atom. The van der Waals surface area contributed by atoms with Gasteiger partial charge in [-0.15, -0.1) is 0 Å². The molecule has 0 spiro atoms. The molecule has 0 fully saturated rings. The number of carbonyl (C=O) groups excluding carboxylic acids is 2. The second-order valence-electron chi connectivity index (χ2n) is 9.33. The van der Waals surface area contributed by atoms with Gasteiger partial charge in [-0.25, -0.2) is 14.0 Å². The van der Waals surface area contributed by atoms with Gasteiger partial charge in [0.05, 0.1) is 12.3 Å². The van der Waals surface area contributed by atoms with Crippen molar-refractivity contribution in [2.24, 2.45) is 0 Å². The maximum Gasteiger partial charge on any atom is 0.407 e. The van der Waals surface area contributed by atoms with Crippen LogP contribution in [0.2, 0.25) is 0 Å². The molecule has 1 atom stereocenters. The first-order valence-corrected chi connectivity index (χ1v) is 13.5. The summed E-state index contributed by atoms with van der Waals surface area (Å²) in [5.41, 5.74) is 1.10. The van der Waals surface area contributed by atoms with Gasteiger partial charge in [0.15, 0.2) is 6.10 Å². The van der Waals surface area contributed by atoms with Crippen LogP contribution in [0.5, 0.6) is 5.75 Å². The van der Waals surface area contributed by atoms with Crippen molar-refractivity contribution >= 4 is 17.8 Å². The van der Waals surface area contributed by atoms with Gasteiger partial charge < -0.3 is 34.5 Å². The van der Waals surface area contributed by atoms with Crippen LogP contribution in [0.15, 0.2) is 51.5 Å². The van der Waals surface area contributed by atoms with Crippen molar-refractivity contribution in [1.29, 1.82) is 0 Å². The molecule has 0 bridgehead atoms. The minimum Gasteiger partial charge on any atom is -0.481 e. The first-order valence-electron chi connectivity index (χ1n) is 13.5. The lowest BCUT2D eigenvalue weighted by Gasteiger charge is -2.13. The minimum absolute atomic E-state index is 0.0437. The molecule has 3 N–H and O–H groups in total. The number of nitrogens with zero attached hydrogens (tertiary/aromatic N) is 4. The summed E-state index contributed by atoms with van der Waals surface area (Å²) in [6, 6.07) is 10.7. The SMILES string of the molecule is CCOC(=O)NCCNC(=O)Nc1ccc(-c2noc(C(CC)Oc3ccc(-c4noc(C(C)C)n4)cc3)n2)cc1F. The first-order chi connectivity index (χ1) is 20.3. The number of rotatable bonds is 12. The van der Waals surface area contributed by atoms with Gasteiger partial charge in [-0.2, -0.15) is 9.97 Å². The van der Waals surface area contributed by atoms with Crippen molar-refractivity contribution in [3.63, 3.8) is 0 Å². The van der Waals surface area contributed by atoms with Gasteiger partial charge in [-0.3, -0.25) is 0 Å². The Hall–Kier alpha value is -5.01. The number of nitrogens with one attached hydrogen (secondary N) is 3. The van der Waals surface area contributed by atoms with Crippen LogP contribution in [-0.4, -0.2) is 52.1 Å². The van der Waals surface area contributed by atoms with E-state index in [1.54, 1.807) is 25.1 Å². The maximum atomic E-state index is 14.7. The number of amides is 3. The highest BCUT2D eigenvalue weighted by atomic mass is 19.1. The molecule has 0 aliphatic rings. The molecule has 13 nitrogen and oxygen atoms in total. The fourth-order valence-electron chi connectivity index (χ4n) is 3.67. The standard InChI is InChI=1S/C28H32FN7O6/c1-5-22(40-19-10-7-17(8-11-19)23-33-25(16(3)4)41-35-23)26-34-24(36-42-26)18-9-12-21(20(29)15-18)32-27(37)30-13-14-31-28(38)39-6-2/h7-12,15-16,22H,5-6,13-14H2,1-4H3,(H,31,38)(H2,30,32,37). The molecule has 0 aliphatic heterocycles. The molecule has 0 radical (unpaired) electrons. The maximum absolute atomic E-state index is 14.7. The third-order valence-electron chi connectivity index (χ3n) is 5.85. The number of hydrogen-bond donors (Lipinski definition) is 3. The molecule has 3 amide bonds. The molecule has 1 unspecified atom stereocenters. The van der Waals surface area contributed by atoms with Gasteiger partial charge in [-0.05, 0) is 55.8 Å². The smallest absolute Gasteiger partial charge is 0.407 e. The normalized spacial score (nSPS) is 11.7. The predicted octanol–water partition coefficient (Wildman–Crippen LogP) is 5.45. The molecule has 42 heavy (non-hydrogen) atoms. The average Bonchev–Trinajstić information content (AvgIpc) is 3.67. The third-order valence-corrected chi connectivity index (χ3v) is 5.85. The van der Waals surface area contributed by atoms with Gasteiger partial charge in [0.25, 0.3) is 5.89 Å². The summed E-state index contributed by atoms with van der Waals surface area (Å²) in [4.78, 5) is 32.1. The zero-order valence-corrected chi connectivity index (χ0v) is 23.6. The van der Waals surface area contributed by atoms with Gasteiger partial charge in [0.1, 0.15) is 11.6 Å². The van der Waals surface area contributed by atoms with Crippen LogP contribution < -0.4 is 20.7 Å². The number of carbonyl (C=O) groups is 2. The summed E-state index contributed by atoms with van der Waals surface area (Å²) in [7, 11) is 0. The van der Waals surface area contributed by atoms with E-state index in [2.05, 4.69) is 36.2 Å². The molecule has 222 valence electrons. The zero-order chi connectivity index (χ0) is 30.1. The summed E-state index contributed by atoms with van der Waals surface area (Å²) < 4.78 is 36.2. The molecule has 2 heterocycles. The molecule has 2 aromatic carbocycles. The van der Waals surface area contributed by atoms with Gasteiger partial charge in [0.2, 0.25) is 17.5 Å². The number of alkyl carbamates (subject to hydrolysis) is 1. The molecular formula is C28H32FN7O6. The Morgan fingerprint density at radius 1 is 0.905 bits per heavy atom. The molecule has 0 saturated heterocycles. The van der Waals surface area contributed by atoms with Crippen LogP contribution in [0.4, 0.5) is 19.7 Å². The number of anilines is 1. The Bertz CT molecular complexity index is 1490. The highest BCUT2D eigenvalue weighted by molar-refractivity contribution is 5.89. The lowest BCUT2D eigenvalue weighted by Crippen LogP contribution is -2.37. The quantitative estimate of drug-likeness (QED) is 0.183. The van der Waals surface area contributed by atoms with Crippen LogP contribution in [0.25, 0.3) is 22.8 Å². The predicted molar refractivity (Wildman–Crippen MR) is 149 cm³/mol. The summed E-state index contributed by atoms with van der Waals surface area (Å²) in [5.74, 6) is 1.48. The summed E-state index contributed by atoms with van der Waals surface area (Å²) in [6.45, 7) is 8.07. The van der Waals surface area contributed by atoms with Crippen molar-refractivity contribution in [3.8, 4) is 28.5 Å². The van der Waals surface area contributed by atoms with Crippen molar-refractivity contribution in [3.05, 3.63) is 60.1 Å². The summed E-state index contributed by atoms with van der Waals surface area (Å²) in [6.07, 6.45) is -0.589. The van der Waals surface area contributed by atoms with Gasteiger partial charge in [0, 0.05) is 30.1 Å². The third kappa shape index (κ3) is 7.80. The molecular weight excluding hydrogens is 549 g/mol. The van der Waals surface area contributed by atoms with E-state index in [9.17, 15) is 14.0 Å². The van der Waals surface area contributed by atoms with Gasteiger partial charge in [-0.1, -0.05) is 31.1 Å². The van der Waals surface area contributed by atoms with E-state index in [-0.39, 0.29) is 43.0 Å². The number of ether oxygens (including phenoxy) is 2. The highest BCUT2D eigenvalue weighted by Gasteiger charge is 2.21. The van der Waals surface area contributed by atoms with E-state index in [0.717, 1.165) is 5.56 Å². The Morgan fingerprint density at radius 2 is 1.55 bits per heavy atom. The second kappa shape index (κ2) is 14.1. The van der Waals surface area contributed by atoms with E-state index >= 15 is 0 Å². The minimum atomic E-state index is -0.691. The fourth-order valence-corrected chi connectivity index (χ4v) is 3.67. The van der Waals surface area contributed by atoms with E-state index in [1.807, 2.05) is 32.9 Å². The monoisotopic (exact) mass is 581 g/mol. The molecule has 2 aromatic heterocycles. The van der Waals surface area contributed by atoms with Crippen LogP contribution in [0.3, 0.4) is 0 Å². The van der Waals surface area contributed by atoms with Gasteiger partial charge >= 0.3 is 12.1 Å². The second-order valence-corrected chi connectivity index (χ2v) is 9.33. The molecule has 4 rings (SSSR count). The lowest BCUT2D eigenvalue weighted by atomic mass is 10.2. The number of halogens is 1. The zero-order valence-electron chi connectivity index (χ0n) is 23.6. The Labute approximate surface area is 241 Å². The molecule has 0 aliphatic carbocycles. The van der Waals surface area contributed by atoms with Crippen LogP contribution in [0.1, 0.15) is 57.9 Å². The van der Waals surface area contributed by atoms with Crippen molar-refractivity contribution in [2.75, 3.05) is 25.0 Å². The summed E-state index contributed by atoms with van der Waals surface area (Å²) >= 11 is 0. The number of hydrogen-bond acceptors (Lipinski definition) is 10. The Balaban J connectivity index is 1.34. The van der Waals surface area contributed by atoms with E-state index < -0.39 is 24.0 Å². The number of benzene rings is 2. The van der Waals surface area contributed by atoms with Crippen molar-refractivity contribution < 1.29 is 32.5 Å². The lowest BCUT2D eigenvalue weighted by molar-refractivity contribution is 0.152. The number of urea groups is 1. The topological polar surface area (TPSA) is 167 Å². The van der Waals surface area contributed by atoms with Crippen molar-refractivity contribution in [2.45, 2.75) is 46.1 Å². The van der Waals surface area contributed by atoms with E-state index in [0.29, 0.717) is 29.4 Å². The molecule has 4 aromatic rings. The molecule has 14 heteroatoms. The van der Waals surface area contributed by atoms with E-state index in [4.69, 9.17) is 18.5 Å². The van der Waals surface area contributed by atoms with E-state index in [1.165, 1.54) is 12.1 Å². The number of aromatic nitrogens is 4. The first kappa shape index (κ1) is 30.0. The van der Waals surface area contributed by atoms with Crippen LogP contribution in [-0.2, 0) is 4.74 Å². The van der Waals surface area contributed by atoms with Crippen LogP contribution in [0, 0.1) is 5.82 Å². The highest BCUT2D eigenvalue weighted by Crippen LogP contribution is 2.29. The van der Waals surface area contributed by atoms with Crippen molar-refractivity contribution in [1.82, 2.24) is 30.9 Å². The summed E-state index contributed by atoms with van der Waals surface area (Å²) in [5, 5.41) is 15.4. The van der Waals surface area contributed by atoms with Crippen LogP contribution >= 0.6 is 0 Å². The fraction of sp³-hybridized carbons (Fsp3) is 0.357. The Kier molecular flexibility index (Phi) is 10.0. The largest absolute Gasteiger partial charge is 0.481 e. The average molecular weight is 582 g/mol. The molecule has 0 saturated carbocycles.